The average Bonchev–Trinajstić information content (AvgIpc) is 3.28. The first-order valence-corrected chi connectivity index (χ1v) is 8.10. The molecule has 1 aromatic heterocycles. The molecule has 0 saturated heterocycles. The maximum atomic E-state index is 5.47. The van der Waals surface area contributed by atoms with Crippen molar-refractivity contribution in [1.29, 1.82) is 0 Å². The van der Waals surface area contributed by atoms with Gasteiger partial charge in [0, 0.05) is 5.56 Å². The Hall–Kier alpha value is -3.07. The van der Waals surface area contributed by atoms with Gasteiger partial charge in [0.15, 0.2) is 0 Å². The van der Waals surface area contributed by atoms with Gasteiger partial charge < -0.3 is 4.42 Å². The Balaban J connectivity index is 1.71. The third-order valence-corrected chi connectivity index (χ3v) is 4.73. The Morgan fingerprint density at radius 2 is 1.46 bits per heavy atom. The second-order valence-corrected chi connectivity index (χ2v) is 6.07. The lowest BCUT2D eigenvalue weighted by Crippen LogP contribution is -2.48. The van der Waals surface area contributed by atoms with Crippen LogP contribution in [0.1, 0.15) is 0 Å². The molecule has 1 aliphatic heterocycles. The van der Waals surface area contributed by atoms with E-state index in [9.17, 15) is 0 Å². The van der Waals surface area contributed by atoms with Crippen LogP contribution in [0.2, 0.25) is 0 Å². The summed E-state index contributed by atoms with van der Waals surface area (Å²) in [6, 6.07) is 25.9. The molecule has 4 aromatic rings. The van der Waals surface area contributed by atoms with E-state index in [-0.39, 0.29) is 6.71 Å². The fourth-order valence-corrected chi connectivity index (χ4v) is 3.73. The maximum Gasteiger partial charge on any atom is 0.242 e. The highest BCUT2D eigenvalue weighted by atomic mass is 16.3. The third-order valence-electron chi connectivity index (χ3n) is 4.73. The number of rotatable bonds is 2. The molecule has 0 saturated carbocycles. The summed E-state index contributed by atoms with van der Waals surface area (Å²) in [5.74, 6) is 0.663. The van der Waals surface area contributed by atoms with Crippen LogP contribution in [0.15, 0.2) is 89.7 Å². The van der Waals surface area contributed by atoms with Gasteiger partial charge in [0.25, 0.3) is 0 Å². The molecule has 3 aromatic carbocycles. The third kappa shape index (κ3) is 1.95. The van der Waals surface area contributed by atoms with E-state index in [4.69, 9.17) is 4.42 Å². The van der Waals surface area contributed by atoms with Gasteiger partial charge in [-0.1, -0.05) is 83.1 Å². The standard InChI is InChI=1S/C21H14BNO/c1-3-10-19-17(8-1)18-9-2-4-11-20(18)22(19)16-7-5-6-15(14-16)21-23-12-13-24-21/h1-14H. The van der Waals surface area contributed by atoms with Crippen molar-refractivity contribution < 1.29 is 4.42 Å². The minimum absolute atomic E-state index is 0.257. The van der Waals surface area contributed by atoms with Crippen LogP contribution in [-0.2, 0) is 0 Å². The normalized spacial score (nSPS) is 12.1. The number of fused-ring (bicyclic) bond motifs is 3. The van der Waals surface area contributed by atoms with Crippen LogP contribution < -0.4 is 16.4 Å². The van der Waals surface area contributed by atoms with Crippen LogP contribution >= 0.6 is 0 Å². The van der Waals surface area contributed by atoms with E-state index in [1.165, 1.54) is 27.5 Å². The second-order valence-electron chi connectivity index (χ2n) is 6.07. The van der Waals surface area contributed by atoms with E-state index in [0.717, 1.165) is 5.56 Å². The van der Waals surface area contributed by atoms with Gasteiger partial charge in [-0.2, -0.15) is 0 Å². The Morgan fingerprint density at radius 3 is 2.12 bits per heavy atom. The number of hydrogen-bond donors (Lipinski definition) is 0. The largest absolute Gasteiger partial charge is 0.445 e. The van der Waals surface area contributed by atoms with Crippen molar-refractivity contribution in [3.05, 3.63) is 85.3 Å². The molecule has 0 unspecified atom stereocenters. The summed E-state index contributed by atoms with van der Waals surface area (Å²) in [5, 5.41) is 0. The van der Waals surface area contributed by atoms with Gasteiger partial charge in [-0.15, -0.1) is 0 Å². The van der Waals surface area contributed by atoms with Gasteiger partial charge in [-0.25, -0.2) is 4.98 Å². The molecule has 112 valence electrons. The van der Waals surface area contributed by atoms with Gasteiger partial charge in [0.2, 0.25) is 12.6 Å². The fraction of sp³-hybridized carbons (Fsp3) is 0. The van der Waals surface area contributed by atoms with Crippen LogP contribution in [0, 0.1) is 0 Å². The summed E-state index contributed by atoms with van der Waals surface area (Å²) in [7, 11) is 0. The van der Waals surface area contributed by atoms with E-state index in [1.807, 2.05) is 6.07 Å². The zero-order chi connectivity index (χ0) is 15.9. The molecule has 0 aliphatic carbocycles. The number of oxazole rings is 1. The highest BCUT2D eigenvalue weighted by Crippen LogP contribution is 2.23. The van der Waals surface area contributed by atoms with Gasteiger partial charge in [0.05, 0.1) is 6.20 Å². The molecule has 0 radical (unpaired) electrons. The van der Waals surface area contributed by atoms with E-state index >= 15 is 0 Å². The van der Waals surface area contributed by atoms with E-state index in [1.54, 1.807) is 12.5 Å². The van der Waals surface area contributed by atoms with Gasteiger partial charge in [-0.3, -0.25) is 0 Å². The molecule has 0 amide bonds. The molecule has 0 spiro atoms. The summed E-state index contributed by atoms with van der Waals surface area (Å²) < 4.78 is 5.47. The predicted molar refractivity (Wildman–Crippen MR) is 98.5 cm³/mol. The number of aromatic nitrogens is 1. The maximum absolute atomic E-state index is 5.47. The molecule has 1 aliphatic rings. The SMILES string of the molecule is c1cc(B2c3ccccc3-c3ccccc32)cc(-c2ncco2)c1. The first-order chi connectivity index (χ1) is 11.9. The van der Waals surface area contributed by atoms with Crippen molar-refractivity contribution in [2.75, 3.05) is 0 Å². The predicted octanol–water partition coefficient (Wildman–Crippen LogP) is 2.84. The lowest BCUT2D eigenvalue weighted by Gasteiger charge is -2.11. The molecule has 0 N–H and O–H groups in total. The monoisotopic (exact) mass is 307 g/mol. The number of nitrogens with zero attached hydrogens (tertiary/aromatic N) is 1. The molecule has 3 heteroatoms. The van der Waals surface area contributed by atoms with Crippen molar-refractivity contribution in [2.45, 2.75) is 0 Å². The smallest absolute Gasteiger partial charge is 0.242 e. The molecule has 24 heavy (non-hydrogen) atoms. The Labute approximate surface area is 140 Å². The van der Waals surface area contributed by atoms with Crippen molar-refractivity contribution >= 4 is 23.1 Å². The minimum Gasteiger partial charge on any atom is -0.445 e. The number of benzene rings is 3. The highest BCUT2D eigenvalue weighted by molar-refractivity contribution is 6.99. The van der Waals surface area contributed by atoms with Crippen LogP contribution in [0.25, 0.3) is 22.6 Å². The average molecular weight is 307 g/mol. The topological polar surface area (TPSA) is 26.0 Å². The molecular weight excluding hydrogens is 293 g/mol. The van der Waals surface area contributed by atoms with E-state index < -0.39 is 0 Å². The van der Waals surface area contributed by atoms with Gasteiger partial charge in [0.1, 0.15) is 6.26 Å². The van der Waals surface area contributed by atoms with Crippen LogP contribution in [0.4, 0.5) is 0 Å². The van der Waals surface area contributed by atoms with Crippen LogP contribution in [0.3, 0.4) is 0 Å². The van der Waals surface area contributed by atoms with Gasteiger partial charge >= 0.3 is 0 Å². The lowest BCUT2D eigenvalue weighted by molar-refractivity contribution is 0.574. The summed E-state index contributed by atoms with van der Waals surface area (Å²) in [6.07, 6.45) is 3.30. The summed E-state index contributed by atoms with van der Waals surface area (Å²) in [6.45, 7) is 0.257. The lowest BCUT2D eigenvalue weighted by atomic mass is 9.39. The van der Waals surface area contributed by atoms with E-state index in [2.05, 4.69) is 71.7 Å². The molecule has 0 fully saturated rings. The van der Waals surface area contributed by atoms with Crippen molar-refractivity contribution in [2.24, 2.45) is 0 Å². The second kappa shape index (κ2) is 5.24. The first-order valence-electron chi connectivity index (χ1n) is 8.10. The van der Waals surface area contributed by atoms with Crippen molar-refractivity contribution in [3.8, 4) is 22.6 Å². The Morgan fingerprint density at radius 1 is 0.750 bits per heavy atom. The zero-order valence-electron chi connectivity index (χ0n) is 13.0. The zero-order valence-corrected chi connectivity index (χ0v) is 13.0. The van der Waals surface area contributed by atoms with Crippen LogP contribution in [0.5, 0.6) is 0 Å². The quantitative estimate of drug-likeness (QED) is 0.469. The molecular formula is C21H14BNO. The van der Waals surface area contributed by atoms with Gasteiger partial charge in [-0.05, 0) is 17.2 Å². The summed E-state index contributed by atoms with van der Waals surface area (Å²) >= 11 is 0. The fourth-order valence-electron chi connectivity index (χ4n) is 3.73. The number of hydrogen-bond acceptors (Lipinski definition) is 2. The van der Waals surface area contributed by atoms with Crippen LogP contribution in [-0.4, -0.2) is 11.7 Å². The molecule has 0 atom stereocenters. The van der Waals surface area contributed by atoms with Crippen molar-refractivity contribution in [3.63, 3.8) is 0 Å². The van der Waals surface area contributed by atoms with E-state index in [0.29, 0.717) is 5.89 Å². The highest BCUT2D eigenvalue weighted by Gasteiger charge is 2.32. The van der Waals surface area contributed by atoms with Crippen molar-refractivity contribution in [1.82, 2.24) is 4.98 Å². The minimum atomic E-state index is 0.257. The summed E-state index contributed by atoms with van der Waals surface area (Å²) in [4.78, 5) is 4.28. The first kappa shape index (κ1) is 13.4. The molecule has 5 rings (SSSR count). The summed E-state index contributed by atoms with van der Waals surface area (Å²) in [5.41, 5.74) is 7.67. The molecule has 0 bridgehead atoms. The Bertz CT molecular complexity index is 978. The Kier molecular flexibility index (Phi) is 2.92. The molecule has 2 nitrogen and oxygen atoms in total. The molecule has 2 heterocycles.